The van der Waals surface area contributed by atoms with E-state index in [1.165, 1.54) is 45.1 Å². The summed E-state index contributed by atoms with van der Waals surface area (Å²) in [7, 11) is 0. The van der Waals surface area contributed by atoms with Crippen LogP contribution in [0.2, 0.25) is 0 Å². The van der Waals surface area contributed by atoms with Crippen molar-refractivity contribution in [2.75, 3.05) is 13.2 Å². The average Bonchev–Trinajstić information content (AvgIpc) is 3.10. The summed E-state index contributed by atoms with van der Waals surface area (Å²) in [5, 5.41) is 12.8. The van der Waals surface area contributed by atoms with Gasteiger partial charge in [-0.15, -0.1) is 0 Å². The lowest BCUT2D eigenvalue weighted by molar-refractivity contribution is 0.218. The van der Waals surface area contributed by atoms with Crippen molar-refractivity contribution in [2.24, 2.45) is 17.8 Å². The van der Waals surface area contributed by atoms with Crippen molar-refractivity contribution in [3.05, 3.63) is 0 Å². The molecule has 0 amide bonds. The number of rotatable bonds is 6. The van der Waals surface area contributed by atoms with Crippen molar-refractivity contribution in [2.45, 2.75) is 57.9 Å². The Bertz CT molecular complexity index is 199. The van der Waals surface area contributed by atoms with E-state index in [2.05, 4.69) is 12.2 Å². The van der Waals surface area contributed by atoms with Crippen LogP contribution in [-0.4, -0.2) is 24.3 Å². The van der Waals surface area contributed by atoms with Crippen LogP contribution in [0.25, 0.3) is 0 Å². The van der Waals surface area contributed by atoms with E-state index in [9.17, 15) is 0 Å². The minimum atomic E-state index is 0.342. The zero-order valence-electron chi connectivity index (χ0n) is 10.6. The predicted octanol–water partition coefficient (Wildman–Crippen LogP) is 2.56. The fourth-order valence-electron chi connectivity index (χ4n) is 3.14. The first-order valence-electron chi connectivity index (χ1n) is 7.15. The SMILES string of the molecule is CC1CCCCC1CNC(CCO)C1CC1. The van der Waals surface area contributed by atoms with E-state index in [0.29, 0.717) is 12.6 Å². The summed E-state index contributed by atoms with van der Waals surface area (Å²) in [5.74, 6) is 2.65. The Morgan fingerprint density at radius 3 is 2.56 bits per heavy atom. The van der Waals surface area contributed by atoms with Crippen molar-refractivity contribution in [3.8, 4) is 0 Å². The molecule has 0 spiro atoms. The number of aliphatic hydroxyl groups is 1. The van der Waals surface area contributed by atoms with Crippen molar-refractivity contribution in [1.29, 1.82) is 0 Å². The monoisotopic (exact) mass is 225 g/mol. The van der Waals surface area contributed by atoms with Gasteiger partial charge in [-0.05, 0) is 50.0 Å². The number of hydrogen-bond acceptors (Lipinski definition) is 2. The summed E-state index contributed by atoms with van der Waals surface area (Å²) in [5.41, 5.74) is 0. The van der Waals surface area contributed by atoms with Crippen LogP contribution in [0.3, 0.4) is 0 Å². The molecular weight excluding hydrogens is 198 g/mol. The van der Waals surface area contributed by atoms with Crippen LogP contribution >= 0.6 is 0 Å². The van der Waals surface area contributed by atoms with E-state index >= 15 is 0 Å². The Kier molecular flexibility index (Phi) is 4.66. The summed E-state index contributed by atoms with van der Waals surface area (Å²) in [6.07, 6.45) is 9.37. The quantitative estimate of drug-likeness (QED) is 0.728. The molecule has 2 rings (SSSR count). The minimum Gasteiger partial charge on any atom is -0.396 e. The van der Waals surface area contributed by atoms with Crippen LogP contribution in [0.1, 0.15) is 51.9 Å². The van der Waals surface area contributed by atoms with Crippen molar-refractivity contribution in [3.63, 3.8) is 0 Å². The first-order valence-corrected chi connectivity index (χ1v) is 7.15. The molecule has 2 aliphatic rings. The van der Waals surface area contributed by atoms with E-state index < -0.39 is 0 Å². The predicted molar refractivity (Wildman–Crippen MR) is 67.3 cm³/mol. The zero-order chi connectivity index (χ0) is 11.4. The van der Waals surface area contributed by atoms with Crippen LogP contribution < -0.4 is 5.32 Å². The van der Waals surface area contributed by atoms with E-state index in [1.54, 1.807) is 0 Å². The zero-order valence-corrected chi connectivity index (χ0v) is 10.6. The van der Waals surface area contributed by atoms with Crippen LogP contribution in [0.4, 0.5) is 0 Å². The van der Waals surface area contributed by atoms with Crippen molar-refractivity contribution >= 4 is 0 Å². The van der Waals surface area contributed by atoms with Gasteiger partial charge >= 0.3 is 0 Å². The van der Waals surface area contributed by atoms with Gasteiger partial charge in [0.05, 0.1) is 0 Å². The Morgan fingerprint density at radius 2 is 1.94 bits per heavy atom. The third kappa shape index (κ3) is 3.46. The van der Waals surface area contributed by atoms with Crippen LogP contribution in [0.15, 0.2) is 0 Å². The maximum atomic E-state index is 9.06. The molecule has 3 atom stereocenters. The molecule has 0 radical (unpaired) electrons. The fraction of sp³-hybridized carbons (Fsp3) is 1.00. The Balaban J connectivity index is 1.71. The third-order valence-corrected chi connectivity index (χ3v) is 4.56. The molecule has 0 aromatic rings. The summed E-state index contributed by atoms with van der Waals surface area (Å²) in [6, 6.07) is 0.596. The molecule has 2 aliphatic carbocycles. The Morgan fingerprint density at radius 1 is 1.19 bits per heavy atom. The summed E-state index contributed by atoms with van der Waals surface area (Å²) in [4.78, 5) is 0. The molecule has 0 aromatic carbocycles. The van der Waals surface area contributed by atoms with Gasteiger partial charge in [-0.1, -0.05) is 26.2 Å². The van der Waals surface area contributed by atoms with Crippen LogP contribution in [0.5, 0.6) is 0 Å². The number of hydrogen-bond donors (Lipinski definition) is 2. The molecule has 3 unspecified atom stereocenters. The Hall–Kier alpha value is -0.0800. The van der Waals surface area contributed by atoms with Gasteiger partial charge in [0.2, 0.25) is 0 Å². The summed E-state index contributed by atoms with van der Waals surface area (Å²) >= 11 is 0. The molecule has 2 saturated carbocycles. The molecule has 0 aromatic heterocycles. The molecule has 0 bridgehead atoms. The second-order valence-corrected chi connectivity index (χ2v) is 5.89. The molecule has 0 aliphatic heterocycles. The second kappa shape index (κ2) is 6.02. The molecule has 0 heterocycles. The first-order chi connectivity index (χ1) is 7.81. The molecule has 0 saturated heterocycles. The smallest absolute Gasteiger partial charge is 0.0445 e. The molecule has 16 heavy (non-hydrogen) atoms. The van der Waals surface area contributed by atoms with Crippen LogP contribution in [-0.2, 0) is 0 Å². The standard InChI is InChI=1S/C14H27NO/c1-11-4-2-3-5-13(11)10-15-14(8-9-16)12-6-7-12/h11-16H,2-10H2,1H3. The molecule has 2 nitrogen and oxygen atoms in total. The lowest BCUT2D eigenvalue weighted by Crippen LogP contribution is -2.38. The molecular formula is C14H27NO. The van der Waals surface area contributed by atoms with Gasteiger partial charge < -0.3 is 10.4 Å². The average molecular weight is 225 g/mol. The molecule has 2 fully saturated rings. The van der Waals surface area contributed by atoms with E-state index in [-0.39, 0.29) is 0 Å². The topological polar surface area (TPSA) is 32.3 Å². The number of aliphatic hydroxyl groups excluding tert-OH is 1. The number of nitrogens with one attached hydrogen (secondary N) is 1. The summed E-state index contributed by atoms with van der Waals surface area (Å²) < 4.78 is 0. The fourth-order valence-corrected chi connectivity index (χ4v) is 3.14. The van der Waals surface area contributed by atoms with Gasteiger partial charge in [0.15, 0.2) is 0 Å². The van der Waals surface area contributed by atoms with Gasteiger partial charge in [0.1, 0.15) is 0 Å². The maximum absolute atomic E-state index is 9.06. The molecule has 94 valence electrons. The molecule has 2 heteroatoms. The minimum absolute atomic E-state index is 0.342. The van der Waals surface area contributed by atoms with Gasteiger partial charge in [-0.25, -0.2) is 0 Å². The second-order valence-electron chi connectivity index (χ2n) is 5.89. The van der Waals surface area contributed by atoms with E-state index in [0.717, 1.165) is 24.2 Å². The van der Waals surface area contributed by atoms with E-state index in [1.807, 2.05) is 0 Å². The van der Waals surface area contributed by atoms with Gasteiger partial charge in [0, 0.05) is 12.6 Å². The highest BCUT2D eigenvalue weighted by atomic mass is 16.3. The largest absolute Gasteiger partial charge is 0.396 e. The van der Waals surface area contributed by atoms with E-state index in [4.69, 9.17) is 5.11 Å². The summed E-state index contributed by atoms with van der Waals surface area (Å²) in [6.45, 7) is 3.93. The first kappa shape index (κ1) is 12.4. The lowest BCUT2D eigenvalue weighted by Gasteiger charge is -2.30. The van der Waals surface area contributed by atoms with Gasteiger partial charge in [-0.2, -0.15) is 0 Å². The maximum Gasteiger partial charge on any atom is 0.0445 e. The molecule has 2 N–H and O–H groups in total. The van der Waals surface area contributed by atoms with Gasteiger partial charge in [0.25, 0.3) is 0 Å². The highest BCUT2D eigenvalue weighted by Gasteiger charge is 2.31. The third-order valence-electron chi connectivity index (χ3n) is 4.56. The van der Waals surface area contributed by atoms with Crippen molar-refractivity contribution in [1.82, 2.24) is 5.32 Å². The normalized spacial score (nSPS) is 32.6. The Labute approximate surface area is 99.8 Å². The van der Waals surface area contributed by atoms with Gasteiger partial charge in [-0.3, -0.25) is 0 Å². The lowest BCUT2D eigenvalue weighted by atomic mass is 9.80. The van der Waals surface area contributed by atoms with Crippen LogP contribution in [0, 0.1) is 17.8 Å². The highest BCUT2D eigenvalue weighted by molar-refractivity contribution is 4.87. The van der Waals surface area contributed by atoms with Crippen molar-refractivity contribution < 1.29 is 5.11 Å². The highest BCUT2D eigenvalue weighted by Crippen LogP contribution is 2.35.